The van der Waals surface area contributed by atoms with Gasteiger partial charge in [-0.05, 0) is 36.4 Å². The first-order chi connectivity index (χ1) is 8.31. The molecule has 0 saturated carbocycles. The van der Waals surface area contributed by atoms with Crippen molar-refractivity contribution in [2.24, 2.45) is 5.84 Å². The Kier molecular flexibility index (Phi) is 3.85. The Balaban J connectivity index is 2.13. The zero-order chi connectivity index (χ0) is 12.1. The summed E-state index contributed by atoms with van der Waals surface area (Å²) in [5.74, 6) is 6.82. The summed E-state index contributed by atoms with van der Waals surface area (Å²) < 4.78 is 5.11. The van der Waals surface area contributed by atoms with Crippen LogP contribution in [-0.4, -0.2) is 12.1 Å². The Bertz CT molecular complexity index is 487. The predicted molar refractivity (Wildman–Crippen MR) is 69.2 cm³/mol. The highest BCUT2D eigenvalue weighted by Gasteiger charge is 1.99. The lowest BCUT2D eigenvalue weighted by Crippen LogP contribution is -2.07. The number of pyridine rings is 1. The van der Waals surface area contributed by atoms with Crippen LogP contribution in [0.5, 0.6) is 5.75 Å². The molecule has 0 radical (unpaired) electrons. The van der Waals surface area contributed by atoms with Crippen LogP contribution in [0.1, 0.15) is 0 Å². The second kappa shape index (κ2) is 5.56. The summed E-state index contributed by atoms with van der Waals surface area (Å²) in [4.78, 5) is 6.28. The molecule has 2 rings (SSSR count). The molecule has 88 valence electrons. The third-order valence-corrected chi connectivity index (χ3v) is 3.17. The van der Waals surface area contributed by atoms with Gasteiger partial charge in [-0.25, -0.2) is 10.8 Å². The maximum Gasteiger partial charge on any atom is 0.140 e. The standard InChI is InChI=1S/C12H13N3OS/c1-16-9-2-4-10(5-3-9)17-11-6-7-14-12(8-11)15-13/h2-8H,13H2,1H3,(H,14,15). The number of nitrogens with two attached hydrogens (primary N) is 1. The van der Waals surface area contributed by atoms with Crippen molar-refractivity contribution in [1.29, 1.82) is 0 Å². The Hall–Kier alpha value is -1.72. The maximum absolute atomic E-state index is 5.31. The van der Waals surface area contributed by atoms with Crippen molar-refractivity contribution in [1.82, 2.24) is 4.98 Å². The number of ether oxygens (including phenoxy) is 1. The molecule has 0 unspecified atom stereocenters. The van der Waals surface area contributed by atoms with Crippen LogP contribution in [0.4, 0.5) is 5.82 Å². The van der Waals surface area contributed by atoms with Crippen molar-refractivity contribution < 1.29 is 4.74 Å². The number of rotatable bonds is 4. The molecule has 0 aliphatic carbocycles. The number of hydrazine groups is 1. The van der Waals surface area contributed by atoms with Gasteiger partial charge in [0.05, 0.1) is 7.11 Å². The van der Waals surface area contributed by atoms with E-state index in [2.05, 4.69) is 10.4 Å². The quantitative estimate of drug-likeness (QED) is 0.642. The maximum atomic E-state index is 5.31. The lowest BCUT2D eigenvalue weighted by molar-refractivity contribution is 0.414. The molecule has 0 amide bonds. The summed E-state index contributed by atoms with van der Waals surface area (Å²) in [6.07, 6.45) is 1.72. The number of methoxy groups -OCH3 is 1. The van der Waals surface area contributed by atoms with Crippen LogP contribution in [0.25, 0.3) is 0 Å². The van der Waals surface area contributed by atoms with E-state index < -0.39 is 0 Å². The SMILES string of the molecule is COc1ccc(Sc2ccnc(NN)c2)cc1. The van der Waals surface area contributed by atoms with E-state index in [9.17, 15) is 0 Å². The van der Waals surface area contributed by atoms with Gasteiger partial charge in [0, 0.05) is 16.0 Å². The minimum atomic E-state index is 0.656. The lowest BCUT2D eigenvalue weighted by atomic mass is 10.3. The summed E-state index contributed by atoms with van der Waals surface area (Å²) in [5.41, 5.74) is 2.53. The van der Waals surface area contributed by atoms with Crippen molar-refractivity contribution >= 4 is 17.6 Å². The van der Waals surface area contributed by atoms with Crippen molar-refractivity contribution in [3.05, 3.63) is 42.6 Å². The first kappa shape index (κ1) is 11.8. The largest absolute Gasteiger partial charge is 0.497 e. The minimum Gasteiger partial charge on any atom is -0.497 e. The summed E-state index contributed by atoms with van der Waals surface area (Å²) >= 11 is 1.65. The highest BCUT2D eigenvalue weighted by atomic mass is 32.2. The monoisotopic (exact) mass is 247 g/mol. The fourth-order valence-electron chi connectivity index (χ4n) is 1.33. The molecule has 3 N–H and O–H groups in total. The van der Waals surface area contributed by atoms with E-state index in [-0.39, 0.29) is 0 Å². The fourth-order valence-corrected chi connectivity index (χ4v) is 2.18. The number of anilines is 1. The van der Waals surface area contributed by atoms with E-state index >= 15 is 0 Å². The van der Waals surface area contributed by atoms with E-state index in [1.807, 2.05) is 36.4 Å². The Morgan fingerprint density at radius 1 is 1.18 bits per heavy atom. The molecule has 1 aromatic heterocycles. The van der Waals surface area contributed by atoms with Crippen molar-refractivity contribution in [3.63, 3.8) is 0 Å². The van der Waals surface area contributed by atoms with E-state index in [0.717, 1.165) is 15.5 Å². The first-order valence-electron chi connectivity index (χ1n) is 5.06. The molecule has 2 aromatic rings. The van der Waals surface area contributed by atoms with E-state index in [4.69, 9.17) is 10.6 Å². The van der Waals surface area contributed by atoms with Crippen molar-refractivity contribution in [3.8, 4) is 5.75 Å². The molecule has 0 atom stereocenters. The number of nitrogens with zero attached hydrogens (tertiary/aromatic N) is 1. The zero-order valence-corrected chi connectivity index (χ0v) is 10.2. The van der Waals surface area contributed by atoms with Crippen molar-refractivity contribution in [2.75, 3.05) is 12.5 Å². The molecule has 1 aromatic carbocycles. The second-order valence-electron chi connectivity index (χ2n) is 3.30. The van der Waals surface area contributed by atoms with E-state index in [1.54, 1.807) is 25.1 Å². The van der Waals surface area contributed by atoms with Gasteiger partial charge in [-0.3, -0.25) is 0 Å². The first-order valence-corrected chi connectivity index (χ1v) is 5.88. The highest BCUT2D eigenvalue weighted by molar-refractivity contribution is 7.99. The number of aromatic nitrogens is 1. The summed E-state index contributed by atoms with van der Waals surface area (Å²) in [5, 5.41) is 0. The number of hydrogen-bond acceptors (Lipinski definition) is 5. The molecule has 0 fully saturated rings. The average Bonchev–Trinajstić information content (AvgIpc) is 2.40. The normalized spacial score (nSPS) is 10.0. The molecule has 4 nitrogen and oxygen atoms in total. The molecule has 0 aliphatic rings. The molecule has 0 spiro atoms. The van der Waals surface area contributed by atoms with Gasteiger partial charge >= 0.3 is 0 Å². The molecule has 5 heteroatoms. The molecular weight excluding hydrogens is 234 g/mol. The lowest BCUT2D eigenvalue weighted by Gasteiger charge is -2.04. The van der Waals surface area contributed by atoms with Gasteiger partial charge in [0.2, 0.25) is 0 Å². The van der Waals surface area contributed by atoms with Gasteiger partial charge in [-0.2, -0.15) is 0 Å². The van der Waals surface area contributed by atoms with E-state index in [0.29, 0.717) is 5.82 Å². The van der Waals surface area contributed by atoms with Crippen LogP contribution in [0, 0.1) is 0 Å². The third-order valence-electron chi connectivity index (χ3n) is 2.17. The molecule has 0 aliphatic heterocycles. The summed E-state index contributed by atoms with van der Waals surface area (Å²) in [7, 11) is 1.66. The summed E-state index contributed by atoms with van der Waals surface area (Å²) in [6, 6.07) is 11.7. The highest BCUT2D eigenvalue weighted by Crippen LogP contribution is 2.29. The van der Waals surface area contributed by atoms with Gasteiger partial charge in [0.1, 0.15) is 11.6 Å². The predicted octanol–water partition coefficient (Wildman–Crippen LogP) is 2.53. The van der Waals surface area contributed by atoms with Gasteiger partial charge in [0.15, 0.2) is 0 Å². The fraction of sp³-hybridized carbons (Fsp3) is 0.0833. The number of nitrogen functional groups attached to an aromatic ring is 1. The molecular formula is C12H13N3OS. The number of nitrogens with one attached hydrogen (secondary N) is 1. The Morgan fingerprint density at radius 2 is 1.94 bits per heavy atom. The van der Waals surface area contributed by atoms with Gasteiger partial charge in [-0.15, -0.1) is 0 Å². The van der Waals surface area contributed by atoms with Crippen LogP contribution in [0.15, 0.2) is 52.4 Å². The molecule has 0 bridgehead atoms. The summed E-state index contributed by atoms with van der Waals surface area (Å²) in [6.45, 7) is 0. The number of benzene rings is 1. The Labute approximate surface area is 104 Å². The smallest absolute Gasteiger partial charge is 0.140 e. The van der Waals surface area contributed by atoms with Crippen molar-refractivity contribution in [2.45, 2.75) is 9.79 Å². The zero-order valence-electron chi connectivity index (χ0n) is 9.38. The molecule has 0 saturated heterocycles. The van der Waals surface area contributed by atoms with Crippen LogP contribution in [0.3, 0.4) is 0 Å². The van der Waals surface area contributed by atoms with Gasteiger partial charge in [0.25, 0.3) is 0 Å². The minimum absolute atomic E-state index is 0.656. The third kappa shape index (κ3) is 3.12. The molecule has 17 heavy (non-hydrogen) atoms. The van der Waals surface area contributed by atoms with Gasteiger partial charge in [-0.1, -0.05) is 11.8 Å². The van der Waals surface area contributed by atoms with Crippen LogP contribution < -0.4 is 16.0 Å². The average molecular weight is 247 g/mol. The van der Waals surface area contributed by atoms with Crippen LogP contribution in [0.2, 0.25) is 0 Å². The second-order valence-corrected chi connectivity index (χ2v) is 4.45. The van der Waals surface area contributed by atoms with Gasteiger partial charge < -0.3 is 10.2 Å². The van der Waals surface area contributed by atoms with E-state index in [1.165, 1.54) is 0 Å². The van der Waals surface area contributed by atoms with Crippen LogP contribution in [-0.2, 0) is 0 Å². The van der Waals surface area contributed by atoms with Crippen LogP contribution >= 0.6 is 11.8 Å². The topological polar surface area (TPSA) is 60.2 Å². The number of hydrogen-bond donors (Lipinski definition) is 2. The molecule has 1 heterocycles. The Morgan fingerprint density at radius 3 is 2.59 bits per heavy atom.